The Morgan fingerprint density at radius 3 is 2.23 bits per heavy atom. The number of carbonyl (C=O) groups excluding carboxylic acids is 1. The van der Waals surface area contributed by atoms with E-state index < -0.39 is 29.2 Å². The van der Waals surface area contributed by atoms with E-state index in [4.69, 9.17) is 23.2 Å². The van der Waals surface area contributed by atoms with E-state index in [1.165, 1.54) is 11.0 Å². The summed E-state index contributed by atoms with van der Waals surface area (Å²) >= 11 is 12.1. The third-order valence-electron chi connectivity index (χ3n) is 4.35. The summed E-state index contributed by atoms with van der Waals surface area (Å²) in [6.45, 7) is 1.54. The summed E-state index contributed by atoms with van der Waals surface area (Å²) in [4.78, 5) is 15.8. The van der Waals surface area contributed by atoms with Gasteiger partial charge in [-0.05, 0) is 30.3 Å². The van der Waals surface area contributed by atoms with E-state index in [1.807, 2.05) is 4.90 Å². The van der Waals surface area contributed by atoms with E-state index in [0.717, 1.165) is 17.8 Å². The number of aliphatic hydroxyl groups excluding tert-OH is 1. The fourth-order valence-electron chi connectivity index (χ4n) is 2.97. The molecule has 1 saturated heterocycles. The molecule has 0 aromatic heterocycles. The van der Waals surface area contributed by atoms with Gasteiger partial charge < -0.3 is 14.9 Å². The van der Waals surface area contributed by atoms with Gasteiger partial charge in [0, 0.05) is 31.2 Å². The molecule has 1 amide bonds. The second kappa shape index (κ2) is 7.78. The molecule has 1 unspecified atom stereocenters. The second-order valence-electron chi connectivity index (χ2n) is 5.95. The van der Waals surface area contributed by atoms with Crippen LogP contribution in [0.3, 0.4) is 0 Å². The van der Waals surface area contributed by atoms with Gasteiger partial charge in [-0.2, -0.15) is 0 Å². The Morgan fingerprint density at radius 1 is 1.04 bits per heavy atom. The molecule has 0 radical (unpaired) electrons. The molecule has 1 atom stereocenters. The standard InChI is InChI=1S/C18H16Cl2F2N2O2/c19-11-4-5-15(12(20)10-11)23-6-8-24(9-7-23)18(26)17(25)16-13(21)2-1-3-14(16)22/h1-5,10,17,25H,6-9H2. The van der Waals surface area contributed by atoms with Crippen molar-refractivity contribution in [1.29, 1.82) is 0 Å². The summed E-state index contributed by atoms with van der Waals surface area (Å²) in [6.07, 6.45) is -1.87. The van der Waals surface area contributed by atoms with Crippen molar-refractivity contribution >= 4 is 34.8 Å². The SMILES string of the molecule is O=C(C(O)c1c(F)cccc1F)N1CCN(c2ccc(Cl)cc2Cl)CC1. The topological polar surface area (TPSA) is 43.8 Å². The molecular weight excluding hydrogens is 385 g/mol. The van der Waals surface area contributed by atoms with Gasteiger partial charge in [-0.25, -0.2) is 8.78 Å². The summed E-state index contributed by atoms with van der Waals surface area (Å²) in [7, 11) is 0. The number of rotatable bonds is 3. The maximum atomic E-state index is 13.8. The molecule has 2 aromatic carbocycles. The predicted octanol–water partition coefficient (Wildman–Crippen LogP) is 3.65. The van der Waals surface area contributed by atoms with Crippen LogP contribution < -0.4 is 4.90 Å². The zero-order valence-corrected chi connectivity index (χ0v) is 15.1. The first-order valence-electron chi connectivity index (χ1n) is 7.99. The molecule has 1 aliphatic heterocycles. The number of anilines is 1. The Balaban J connectivity index is 1.68. The molecular formula is C18H16Cl2F2N2O2. The summed E-state index contributed by atoms with van der Waals surface area (Å²) in [5.74, 6) is -2.62. The number of hydrogen-bond acceptors (Lipinski definition) is 3. The van der Waals surface area contributed by atoms with Gasteiger partial charge in [-0.1, -0.05) is 29.3 Å². The van der Waals surface area contributed by atoms with Crippen LogP contribution in [0.5, 0.6) is 0 Å². The Morgan fingerprint density at radius 2 is 1.65 bits per heavy atom. The first-order valence-corrected chi connectivity index (χ1v) is 8.75. The van der Waals surface area contributed by atoms with Crippen molar-refractivity contribution in [2.45, 2.75) is 6.10 Å². The number of nitrogens with zero attached hydrogens (tertiary/aromatic N) is 2. The third kappa shape index (κ3) is 3.77. The monoisotopic (exact) mass is 400 g/mol. The summed E-state index contributed by atoms with van der Waals surface area (Å²) in [6, 6.07) is 8.36. The van der Waals surface area contributed by atoms with Crippen LogP contribution in [-0.2, 0) is 4.79 Å². The minimum absolute atomic E-state index is 0.297. The first-order chi connectivity index (χ1) is 12.4. The van der Waals surface area contributed by atoms with Gasteiger partial charge in [0.05, 0.1) is 16.3 Å². The molecule has 1 heterocycles. The normalized spacial score (nSPS) is 15.9. The van der Waals surface area contributed by atoms with Gasteiger partial charge in [0.1, 0.15) is 11.6 Å². The number of halogens is 4. The van der Waals surface area contributed by atoms with Gasteiger partial charge in [0.2, 0.25) is 0 Å². The van der Waals surface area contributed by atoms with Gasteiger partial charge in [-0.15, -0.1) is 0 Å². The van der Waals surface area contributed by atoms with E-state index in [9.17, 15) is 18.7 Å². The average molecular weight is 401 g/mol. The number of piperazine rings is 1. The molecule has 8 heteroatoms. The fourth-order valence-corrected chi connectivity index (χ4v) is 3.50. The lowest BCUT2D eigenvalue weighted by molar-refractivity contribution is -0.141. The van der Waals surface area contributed by atoms with Crippen molar-refractivity contribution in [3.8, 4) is 0 Å². The van der Waals surface area contributed by atoms with Crippen molar-refractivity contribution in [1.82, 2.24) is 4.90 Å². The van der Waals surface area contributed by atoms with Crippen LogP contribution in [-0.4, -0.2) is 42.1 Å². The molecule has 138 valence electrons. The zero-order chi connectivity index (χ0) is 18.8. The van der Waals surface area contributed by atoms with Crippen molar-refractivity contribution < 1.29 is 18.7 Å². The van der Waals surface area contributed by atoms with E-state index in [2.05, 4.69) is 0 Å². The summed E-state index contributed by atoms with van der Waals surface area (Å²) in [5, 5.41) is 11.2. The van der Waals surface area contributed by atoms with Crippen LogP contribution >= 0.6 is 23.2 Å². The van der Waals surface area contributed by atoms with Gasteiger partial charge in [0.15, 0.2) is 6.10 Å². The number of carbonyl (C=O) groups is 1. The molecule has 26 heavy (non-hydrogen) atoms. The molecule has 1 fully saturated rings. The molecule has 0 spiro atoms. The second-order valence-corrected chi connectivity index (χ2v) is 6.79. The maximum Gasteiger partial charge on any atom is 0.256 e. The lowest BCUT2D eigenvalue weighted by atomic mass is 10.1. The summed E-state index contributed by atoms with van der Waals surface area (Å²) in [5.41, 5.74) is 0.171. The van der Waals surface area contributed by atoms with Crippen molar-refractivity contribution in [2.75, 3.05) is 31.1 Å². The van der Waals surface area contributed by atoms with Gasteiger partial charge in [0.25, 0.3) is 5.91 Å². The zero-order valence-electron chi connectivity index (χ0n) is 13.6. The highest BCUT2D eigenvalue weighted by molar-refractivity contribution is 6.36. The summed E-state index contributed by atoms with van der Waals surface area (Å²) < 4.78 is 27.6. The molecule has 4 nitrogen and oxygen atoms in total. The van der Waals surface area contributed by atoms with Crippen molar-refractivity contribution in [3.63, 3.8) is 0 Å². The van der Waals surface area contributed by atoms with Crippen LogP contribution in [0.15, 0.2) is 36.4 Å². The molecule has 1 aliphatic rings. The van der Waals surface area contributed by atoms with Crippen LogP contribution in [0.25, 0.3) is 0 Å². The van der Waals surface area contributed by atoms with E-state index in [1.54, 1.807) is 18.2 Å². The molecule has 0 aliphatic carbocycles. The van der Waals surface area contributed by atoms with E-state index in [0.29, 0.717) is 36.2 Å². The van der Waals surface area contributed by atoms with Gasteiger partial charge >= 0.3 is 0 Å². The van der Waals surface area contributed by atoms with E-state index in [-0.39, 0.29) is 0 Å². The number of hydrogen-bond donors (Lipinski definition) is 1. The van der Waals surface area contributed by atoms with Crippen LogP contribution in [0.2, 0.25) is 10.0 Å². The highest BCUT2D eigenvalue weighted by atomic mass is 35.5. The molecule has 3 rings (SSSR count). The minimum Gasteiger partial charge on any atom is -0.378 e. The molecule has 0 bridgehead atoms. The number of aliphatic hydroxyl groups is 1. The molecule has 1 N–H and O–H groups in total. The largest absolute Gasteiger partial charge is 0.378 e. The third-order valence-corrected chi connectivity index (χ3v) is 4.89. The fraction of sp³-hybridized carbons (Fsp3) is 0.278. The van der Waals surface area contributed by atoms with Crippen molar-refractivity contribution in [2.24, 2.45) is 0 Å². The Bertz CT molecular complexity index is 807. The Hall–Kier alpha value is -1.89. The molecule has 2 aromatic rings. The Labute approximate surface area is 159 Å². The predicted molar refractivity (Wildman–Crippen MR) is 96.6 cm³/mol. The lowest BCUT2D eigenvalue weighted by Gasteiger charge is -2.37. The smallest absolute Gasteiger partial charge is 0.256 e. The van der Waals surface area contributed by atoms with Gasteiger partial charge in [-0.3, -0.25) is 4.79 Å². The highest BCUT2D eigenvalue weighted by Gasteiger charge is 2.31. The van der Waals surface area contributed by atoms with E-state index >= 15 is 0 Å². The minimum atomic E-state index is -1.87. The number of benzene rings is 2. The van der Waals surface area contributed by atoms with Crippen LogP contribution in [0.4, 0.5) is 14.5 Å². The lowest BCUT2D eigenvalue weighted by Crippen LogP contribution is -2.50. The maximum absolute atomic E-state index is 13.8. The quantitative estimate of drug-likeness (QED) is 0.854. The average Bonchev–Trinajstić information content (AvgIpc) is 2.61. The first kappa shape index (κ1) is 18.9. The number of amides is 1. The van der Waals surface area contributed by atoms with Crippen LogP contribution in [0.1, 0.15) is 11.7 Å². The molecule has 0 saturated carbocycles. The van der Waals surface area contributed by atoms with Crippen LogP contribution in [0, 0.1) is 11.6 Å². The highest BCUT2D eigenvalue weighted by Crippen LogP contribution is 2.30. The Kier molecular flexibility index (Phi) is 5.65. The van der Waals surface area contributed by atoms with Crippen molar-refractivity contribution in [3.05, 3.63) is 63.6 Å².